The van der Waals surface area contributed by atoms with Gasteiger partial charge in [-0.2, -0.15) is 0 Å². The number of carbonyl (C=O) groups is 6. The molecule has 0 unspecified atom stereocenters. The van der Waals surface area contributed by atoms with Crippen LogP contribution in [0, 0.1) is 0 Å². The molecule has 0 aliphatic carbocycles. The summed E-state index contributed by atoms with van der Waals surface area (Å²) in [5.41, 5.74) is -2.91. The van der Waals surface area contributed by atoms with Crippen molar-refractivity contribution in [2.75, 3.05) is 0 Å². The van der Waals surface area contributed by atoms with Crippen molar-refractivity contribution in [2.45, 2.75) is 0 Å². The first kappa shape index (κ1) is 54.5. The summed E-state index contributed by atoms with van der Waals surface area (Å²) < 4.78 is 2.61. The Morgan fingerprint density at radius 2 is 0.320 bits per heavy atom. The van der Waals surface area contributed by atoms with Crippen molar-refractivity contribution in [3.05, 3.63) is 87.1 Å². The molecule has 3 aromatic carbocycles. The van der Waals surface area contributed by atoms with Crippen LogP contribution in [0.15, 0.2) is 53.7 Å². The Balaban J connectivity index is 0. The quantitative estimate of drug-likeness (QED) is 0.247. The minimum atomic E-state index is -1.61. The number of hydrogen-bond donors (Lipinski definition) is 0. The summed E-state index contributed by atoms with van der Waals surface area (Å²) in [5.74, 6) is -9.67. The predicted molar refractivity (Wildman–Crippen MR) is 198 cm³/mol. The first-order chi connectivity index (χ1) is 21.9. The first-order valence-corrected chi connectivity index (χ1v) is 20.2. The number of carboxylic acid groups (broad SMARTS) is 6. The van der Waals surface area contributed by atoms with Crippen molar-refractivity contribution in [3.8, 4) is 0 Å². The maximum Gasteiger partial charge on any atom is 3.00 e. The zero-order valence-corrected chi connectivity index (χ0v) is 47.3. The van der Waals surface area contributed by atoms with Gasteiger partial charge in [-0.25, -0.2) is 0 Å². The van der Waals surface area contributed by atoms with Crippen molar-refractivity contribution in [1.29, 1.82) is 0 Å². The smallest absolute Gasteiger partial charge is 0.545 e. The van der Waals surface area contributed by atoms with E-state index in [1.165, 1.54) is 0 Å². The molecule has 0 saturated carbocycles. The zero-order valence-electron chi connectivity index (χ0n) is 22.6. The number of rotatable bonds is 6. The van der Waals surface area contributed by atoms with E-state index in [1.807, 2.05) is 0 Å². The molecule has 0 heterocycles. The Labute approximate surface area is 431 Å². The number of carboxylic acids is 6. The molecule has 0 aliphatic rings. The molecule has 3 rings (SSSR count). The van der Waals surface area contributed by atoms with Gasteiger partial charge >= 0.3 is 65.4 Å². The molecular formula is C24Br12O12Y2. The number of hydrogen-bond acceptors (Lipinski definition) is 12. The molecule has 0 radical (unpaired) electrons. The molecule has 0 aliphatic heterocycles. The molecule has 0 saturated heterocycles. The third-order valence-corrected chi connectivity index (χ3v) is 19.3. The van der Waals surface area contributed by atoms with Gasteiger partial charge in [0.05, 0.1) is 35.8 Å². The van der Waals surface area contributed by atoms with Crippen LogP contribution < -0.4 is 30.6 Å². The van der Waals surface area contributed by atoms with Gasteiger partial charge in [-0.3, -0.25) is 0 Å². The second-order valence-electron chi connectivity index (χ2n) is 7.74. The fourth-order valence-electron chi connectivity index (χ4n) is 3.05. The van der Waals surface area contributed by atoms with Crippen LogP contribution in [0.2, 0.25) is 0 Å². The van der Waals surface area contributed by atoms with E-state index in [4.69, 9.17) is 0 Å². The average Bonchev–Trinajstić information content (AvgIpc) is 2.98. The van der Waals surface area contributed by atoms with Crippen molar-refractivity contribution < 1.29 is 125 Å². The molecule has 50 heavy (non-hydrogen) atoms. The number of aromatic carboxylic acids is 6. The van der Waals surface area contributed by atoms with Gasteiger partial charge < -0.3 is 59.4 Å². The van der Waals surface area contributed by atoms with Gasteiger partial charge in [-0.15, -0.1) is 0 Å². The largest absolute Gasteiger partial charge is 3.00 e. The second kappa shape index (κ2) is 23.6. The van der Waals surface area contributed by atoms with Crippen LogP contribution >= 0.6 is 191 Å². The van der Waals surface area contributed by atoms with Gasteiger partial charge in [-0.1, -0.05) is 0 Å². The fraction of sp³-hybridized carbons (Fsp3) is 0. The third-order valence-electron chi connectivity index (χ3n) is 5.03. The maximum absolute atomic E-state index is 10.9. The van der Waals surface area contributed by atoms with E-state index in [0.29, 0.717) is 26.8 Å². The van der Waals surface area contributed by atoms with Gasteiger partial charge in [0, 0.05) is 87.1 Å². The SMILES string of the molecule is O=C([O-])c1c(Br)c(Br)c(Br)c(Br)c1C(=O)[O-].O=C([O-])c1c(Br)c(Br)c(Br)c(Br)c1C(=O)[O-].O=C([O-])c1c(Br)c(Br)c(Br)c(Br)c1C(=O)[O-].[Y+3].[Y+3]. The molecule has 3 aromatic rings. The van der Waals surface area contributed by atoms with Crippen LogP contribution in [0.4, 0.5) is 0 Å². The van der Waals surface area contributed by atoms with Crippen molar-refractivity contribution in [2.24, 2.45) is 0 Å². The van der Waals surface area contributed by atoms with Crippen LogP contribution in [0.3, 0.4) is 0 Å². The van der Waals surface area contributed by atoms with Crippen LogP contribution in [0.5, 0.6) is 0 Å². The number of carbonyl (C=O) groups excluding carboxylic acids is 6. The van der Waals surface area contributed by atoms with Gasteiger partial charge in [0.25, 0.3) is 0 Å². The van der Waals surface area contributed by atoms with E-state index in [9.17, 15) is 59.4 Å². The summed E-state index contributed by atoms with van der Waals surface area (Å²) in [6.07, 6.45) is 0. The molecule has 0 bridgehead atoms. The molecule has 0 spiro atoms. The van der Waals surface area contributed by atoms with Gasteiger partial charge in [-0.05, 0) is 191 Å². The summed E-state index contributed by atoms with van der Waals surface area (Å²) >= 11 is 36.5. The zero-order chi connectivity index (χ0) is 37.9. The standard InChI is InChI=1S/3C8H2Br4O4.2Y/c3*9-3-1(7(13)14)2(8(15)16)4(10)6(12)5(3)11;;/h3*(H,13,14)(H,15,16);;/q;;;2*+3/p-6. The van der Waals surface area contributed by atoms with Gasteiger partial charge in [0.2, 0.25) is 0 Å². The van der Waals surface area contributed by atoms with Crippen molar-refractivity contribution in [3.63, 3.8) is 0 Å². The van der Waals surface area contributed by atoms with E-state index in [0.717, 1.165) is 0 Å². The van der Waals surface area contributed by atoms with E-state index < -0.39 is 69.2 Å². The van der Waals surface area contributed by atoms with E-state index in [-0.39, 0.29) is 92.3 Å². The van der Waals surface area contributed by atoms with Crippen LogP contribution in [0.25, 0.3) is 0 Å². The molecule has 258 valence electrons. The molecule has 0 fully saturated rings. The molecular weight excluding hydrogens is 1620 g/mol. The van der Waals surface area contributed by atoms with Gasteiger partial charge in [0.15, 0.2) is 0 Å². The Morgan fingerprint density at radius 3 is 0.380 bits per heavy atom. The third kappa shape index (κ3) is 12.7. The number of halogens is 12. The monoisotopic (exact) mass is 1600 g/mol. The molecule has 0 amide bonds. The summed E-state index contributed by atoms with van der Waals surface area (Å²) in [7, 11) is 0. The minimum Gasteiger partial charge on any atom is -0.545 e. The predicted octanol–water partition coefficient (Wildman–Crippen LogP) is 4.39. The maximum atomic E-state index is 10.9. The Bertz CT molecular complexity index is 1590. The van der Waals surface area contributed by atoms with Gasteiger partial charge in [0.1, 0.15) is 0 Å². The first-order valence-electron chi connectivity index (χ1n) is 10.7. The summed E-state index contributed by atoms with van der Waals surface area (Å²) in [6.45, 7) is 0. The van der Waals surface area contributed by atoms with Crippen molar-refractivity contribution >= 4 is 227 Å². The molecule has 12 nitrogen and oxygen atoms in total. The summed E-state index contributed by atoms with van der Waals surface area (Å²) in [5, 5.41) is 65.2. The molecule has 0 aromatic heterocycles. The van der Waals surface area contributed by atoms with E-state index in [1.54, 1.807) is 0 Å². The minimum absolute atomic E-state index is 0. The van der Waals surface area contributed by atoms with Crippen LogP contribution in [-0.4, -0.2) is 35.8 Å². The normalized spacial score (nSPS) is 9.84. The van der Waals surface area contributed by atoms with E-state index in [2.05, 4.69) is 191 Å². The summed E-state index contributed by atoms with van der Waals surface area (Å²) in [4.78, 5) is 65.2. The topological polar surface area (TPSA) is 241 Å². The average molecular weight is 1620 g/mol. The number of benzene rings is 3. The summed E-state index contributed by atoms with van der Waals surface area (Å²) in [6, 6.07) is 0. The molecule has 0 atom stereocenters. The fourth-order valence-corrected chi connectivity index (χ4v) is 10.4. The second-order valence-corrected chi connectivity index (χ2v) is 17.3. The van der Waals surface area contributed by atoms with Crippen molar-refractivity contribution in [1.82, 2.24) is 0 Å². The molecule has 0 N–H and O–H groups in total. The Hall–Kier alpha value is 2.45. The van der Waals surface area contributed by atoms with Crippen LogP contribution in [-0.2, 0) is 65.4 Å². The Kier molecular flexibility index (Phi) is 25.8. The molecule has 26 heteroatoms. The van der Waals surface area contributed by atoms with E-state index >= 15 is 0 Å². The Morgan fingerprint density at radius 1 is 0.240 bits per heavy atom. The van der Waals surface area contributed by atoms with Crippen LogP contribution in [0.1, 0.15) is 62.1 Å².